The topological polar surface area (TPSA) is 58.4 Å². The molecule has 5 nitrogen and oxygen atoms in total. The van der Waals surface area contributed by atoms with E-state index in [0.717, 1.165) is 42.8 Å². The molecule has 1 fully saturated rings. The summed E-state index contributed by atoms with van der Waals surface area (Å²) in [6, 6.07) is 13.7. The Morgan fingerprint density at radius 1 is 1.19 bits per heavy atom. The fourth-order valence-corrected chi connectivity index (χ4v) is 4.94. The summed E-state index contributed by atoms with van der Waals surface area (Å²) in [5.41, 5.74) is 3.07. The van der Waals surface area contributed by atoms with E-state index >= 15 is 0 Å². The first-order valence-electron chi connectivity index (χ1n) is 11.2. The number of aromatic hydroxyl groups is 1. The van der Waals surface area contributed by atoms with Gasteiger partial charge in [-0.3, -0.25) is 14.7 Å². The van der Waals surface area contributed by atoms with Gasteiger partial charge in [-0.25, -0.2) is 0 Å². The number of thioether (sulfide) groups is 1. The minimum atomic E-state index is -0.272. The first-order valence-corrected chi connectivity index (χ1v) is 12.4. The van der Waals surface area contributed by atoms with E-state index in [9.17, 15) is 9.90 Å². The molecule has 1 aliphatic heterocycles. The number of pyridine rings is 2. The Hall–Kier alpha value is -2.57. The van der Waals surface area contributed by atoms with Crippen molar-refractivity contribution >= 4 is 11.8 Å². The highest BCUT2D eigenvalue weighted by Crippen LogP contribution is 2.35. The van der Waals surface area contributed by atoms with Gasteiger partial charge in [0.05, 0.1) is 18.2 Å². The summed E-state index contributed by atoms with van der Waals surface area (Å²) in [5.74, 6) is 0.757. The van der Waals surface area contributed by atoms with Crippen molar-refractivity contribution in [2.24, 2.45) is 5.92 Å². The third kappa shape index (κ3) is 4.76. The molecular weight excluding hydrogens is 418 g/mol. The molecule has 1 N–H and O–H groups in total. The van der Waals surface area contributed by atoms with Crippen LogP contribution in [-0.4, -0.2) is 38.9 Å². The normalized spacial score (nSPS) is 16.2. The highest BCUT2D eigenvalue weighted by Gasteiger charge is 2.31. The molecule has 0 aliphatic carbocycles. The van der Waals surface area contributed by atoms with E-state index in [1.807, 2.05) is 19.1 Å². The zero-order valence-corrected chi connectivity index (χ0v) is 19.8. The van der Waals surface area contributed by atoms with Gasteiger partial charge in [0.25, 0.3) is 5.56 Å². The minimum Gasteiger partial charge on any atom is -0.507 e. The highest BCUT2D eigenvalue weighted by molar-refractivity contribution is 7.98. The third-order valence-electron chi connectivity index (χ3n) is 6.47. The monoisotopic (exact) mass is 449 g/mol. The van der Waals surface area contributed by atoms with Crippen LogP contribution in [0.25, 0.3) is 0 Å². The lowest BCUT2D eigenvalue weighted by molar-refractivity contribution is 0.154. The number of benzene rings is 1. The van der Waals surface area contributed by atoms with Crippen LogP contribution in [0, 0.1) is 12.8 Å². The Kier molecular flexibility index (Phi) is 7.01. The lowest BCUT2D eigenvalue weighted by atomic mass is 9.92. The van der Waals surface area contributed by atoms with Crippen molar-refractivity contribution in [3.05, 3.63) is 87.6 Å². The van der Waals surface area contributed by atoms with Gasteiger partial charge in [-0.2, -0.15) is 0 Å². The zero-order valence-electron chi connectivity index (χ0n) is 19.0. The Balaban J connectivity index is 1.82. The molecule has 0 bridgehead atoms. The number of piperidine rings is 1. The number of aromatic nitrogens is 2. The largest absolute Gasteiger partial charge is 0.507 e. The molecule has 3 aromatic rings. The van der Waals surface area contributed by atoms with Gasteiger partial charge < -0.3 is 9.67 Å². The van der Waals surface area contributed by atoms with Crippen molar-refractivity contribution in [1.29, 1.82) is 0 Å². The summed E-state index contributed by atoms with van der Waals surface area (Å²) in [5, 5.41) is 11.0. The van der Waals surface area contributed by atoms with E-state index in [-0.39, 0.29) is 17.4 Å². The third-order valence-corrected chi connectivity index (χ3v) is 7.22. The summed E-state index contributed by atoms with van der Waals surface area (Å²) in [6.07, 6.45) is 7.75. The van der Waals surface area contributed by atoms with Crippen LogP contribution in [0.15, 0.2) is 64.5 Å². The standard InChI is InChI=1S/C26H31N3O2S/c1-18-10-13-28(14-11-18)25(21-6-8-22(32-3)9-7-21)24-23(30)15-19(2)29(26(24)31)17-20-5-4-12-27-16-20/h4-9,12,15-16,18,25,30H,10-11,13-14,17H2,1-3H3/t25-/m0/s1. The molecular formula is C26H31N3O2S. The maximum Gasteiger partial charge on any atom is 0.259 e. The molecule has 1 atom stereocenters. The molecule has 3 heterocycles. The van der Waals surface area contributed by atoms with Gasteiger partial charge in [0.15, 0.2) is 0 Å². The Labute approximate surface area is 194 Å². The second-order valence-electron chi connectivity index (χ2n) is 8.73. The quantitative estimate of drug-likeness (QED) is 0.545. The van der Waals surface area contributed by atoms with Crippen LogP contribution in [0.2, 0.25) is 0 Å². The number of hydrogen-bond acceptors (Lipinski definition) is 5. The molecule has 0 unspecified atom stereocenters. The molecule has 0 amide bonds. The van der Waals surface area contributed by atoms with E-state index in [1.54, 1.807) is 34.8 Å². The number of hydrogen-bond donors (Lipinski definition) is 1. The van der Waals surface area contributed by atoms with E-state index in [0.29, 0.717) is 18.0 Å². The molecule has 168 valence electrons. The molecule has 1 saturated heterocycles. The average Bonchev–Trinajstić information content (AvgIpc) is 2.81. The van der Waals surface area contributed by atoms with Crippen molar-refractivity contribution in [2.75, 3.05) is 19.3 Å². The van der Waals surface area contributed by atoms with Gasteiger partial charge in [0.2, 0.25) is 0 Å². The van der Waals surface area contributed by atoms with Crippen molar-refractivity contribution in [2.45, 2.75) is 44.2 Å². The average molecular weight is 450 g/mol. The van der Waals surface area contributed by atoms with Crippen molar-refractivity contribution < 1.29 is 5.11 Å². The van der Waals surface area contributed by atoms with Gasteiger partial charge in [-0.1, -0.05) is 25.1 Å². The minimum absolute atomic E-state index is 0.0764. The first kappa shape index (κ1) is 22.6. The van der Waals surface area contributed by atoms with Crippen molar-refractivity contribution in [1.82, 2.24) is 14.5 Å². The molecule has 32 heavy (non-hydrogen) atoms. The van der Waals surface area contributed by atoms with Gasteiger partial charge in [0, 0.05) is 23.0 Å². The Morgan fingerprint density at radius 3 is 2.53 bits per heavy atom. The van der Waals surface area contributed by atoms with Crippen LogP contribution >= 0.6 is 11.8 Å². The van der Waals surface area contributed by atoms with Crippen molar-refractivity contribution in [3.8, 4) is 5.75 Å². The summed E-state index contributed by atoms with van der Waals surface area (Å²) >= 11 is 1.70. The summed E-state index contributed by atoms with van der Waals surface area (Å²) < 4.78 is 1.75. The molecule has 1 aliphatic rings. The van der Waals surface area contributed by atoms with Gasteiger partial charge >= 0.3 is 0 Å². The maximum atomic E-state index is 13.8. The van der Waals surface area contributed by atoms with E-state index < -0.39 is 0 Å². The zero-order chi connectivity index (χ0) is 22.7. The molecule has 1 aromatic carbocycles. The second-order valence-corrected chi connectivity index (χ2v) is 9.61. The fourth-order valence-electron chi connectivity index (χ4n) is 4.53. The van der Waals surface area contributed by atoms with Crippen LogP contribution < -0.4 is 5.56 Å². The molecule has 0 radical (unpaired) electrons. The molecule has 2 aromatic heterocycles. The summed E-state index contributed by atoms with van der Waals surface area (Å²) in [7, 11) is 0. The number of aryl methyl sites for hydroxylation is 1. The van der Waals surface area contributed by atoms with Crippen LogP contribution in [-0.2, 0) is 6.54 Å². The number of nitrogens with zero attached hydrogens (tertiary/aromatic N) is 3. The van der Waals surface area contributed by atoms with Crippen LogP contribution in [0.5, 0.6) is 5.75 Å². The Morgan fingerprint density at radius 2 is 1.91 bits per heavy atom. The number of rotatable bonds is 6. The second kappa shape index (κ2) is 9.92. The van der Waals surface area contributed by atoms with Crippen molar-refractivity contribution in [3.63, 3.8) is 0 Å². The van der Waals surface area contributed by atoms with Gasteiger partial charge in [-0.15, -0.1) is 11.8 Å². The van der Waals surface area contributed by atoms with Crippen LogP contribution in [0.4, 0.5) is 0 Å². The highest BCUT2D eigenvalue weighted by atomic mass is 32.2. The predicted molar refractivity (Wildman–Crippen MR) is 130 cm³/mol. The van der Waals surface area contributed by atoms with Crippen LogP contribution in [0.1, 0.15) is 48.2 Å². The predicted octanol–water partition coefficient (Wildman–Crippen LogP) is 4.85. The number of likely N-dealkylation sites (tertiary alicyclic amines) is 1. The SMILES string of the molecule is CSc1ccc([C@@H](c2c(O)cc(C)n(Cc3cccnc3)c2=O)N2CCC(C)CC2)cc1. The fraction of sp³-hybridized carbons (Fsp3) is 0.385. The van der Waals surface area contributed by atoms with E-state index in [2.05, 4.69) is 47.3 Å². The first-order chi connectivity index (χ1) is 15.5. The molecule has 6 heteroatoms. The smallest absolute Gasteiger partial charge is 0.259 e. The maximum absolute atomic E-state index is 13.8. The van der Waals surface area contributed by atoms with Gasteiger partial charge in [-0.05, 0) is 80.4 Å². The van der Waals surface area contributed by atoms with E-state index in [4.69, 9.17) is 0 Å². The molecule has 0 saturated carbocycles. The van der Waals surface area contributed by atoms with E-state index in [1.165, 1.54) is 4.90 Å². The Bertz CT molecular complexity index is 1100. The van der Waals surface area contributed by atoms with Crippen LogP contribution in [0.3, 0.4) is 0 Å². The summed E-state index contributed by atoms with van der Waals surface area (Å²) in [4.78, 5) is 21.5. The van der Waals surface area contributed by atoms with Gasteiger partial charge in [0.1, 0.15) is 5.75 Å². The lowest BCUT2D eigenvalue weighted by Gasteiger charge is -2.37. The summed E-state index contributed by atoms with van der Waals surface area (Å²) in [6.45, 7) is 6.40. The molecule has 4 rings (SSSR count). The lowest BCUT2D eigenvalue weighted by Crippen LogP contribution is -2.40. The molecule has 0 spiro atoms.